The van der Waals surface area contributed by atoms with Gasteiger partial charge in [-0.3, -0.25) is 0 Å². The van der Waals surface area contributed by atoms with Crippen molar-refractivity contribution in [1.29, 1.82) is 0 Å². The predicted molar refractivity (Wildman–Crippen MR) is 182 cm³/mol. The summed E-state index contributed by atoms with van der Waals surface area (Å²) in [7, 11) is -5.85. The third-order valence-electron chi connectivity index (χ3n) is 3.53. The van der Waals surface area contributed by atoms with Crippen LogP contribution in [-0.2, 0) is 8.85 Å². The molecule has 0 fully saturated rings. The van der Waals surface area contributed by atoms with Crippen molar-refractivity contribution in [2.75, 3.05) is 13.7 Å². The van der Waals surface area contributed by atoms with Crippen molar-refractivity contribution in [1.82, 2.24) is 0 Å². The number of unbranched alkanes of at least 4 members (excludes halogenated alkanes) is 3. The molecule has 1 atom stereocenters. The molecule has 0 saturated carbocycles. The van der Waals surface area contributed by atoms with E-state index in [9.17, 15) is 4.80 Å². The Bertz CT molecular complexity index is 429. The fraction of sp³-hybridized carbons (Fsp3) is 1.00. The molecule has 0 aliphatic heterocycles. The molecular weight excluding hydrogens is 549 g/mol. The average Bonchev–Trinajstić information content (AvgIpc) is 2.54. The summed E-state index contributed by atoms with van der Waals surface area (Å²) in [6.45, 7) is 33.3. The lowest BCUT2D eigenvalue weighted by atomic mass is 10.2. The van der Waals surface area contributed by atoms with Crippen molar-refractivity contribution in [2.24, 2.45) is 0 Å². The maximum atomic E-state index is 9.46. The van der Waals surface area contributed by atoms with E-state index in [0.29, 0.717) is 6.61 Å². The van der Waals surface area contributed by atoms with Crippen molar-refractivity contribution in [3.8, 4) is 0 Å². The van der Waals surface area contributed by atoms with E-state index in [4.69, 9.17) is 18.8 Å². The maximum Gasteiger partial charge on any atom is 0.182 e. The Morgan fingerprint density at radius 3 is 1.08 bits per heavy atom. The van der Waals surface area contributed by atoms with E-state index in [1.165, 1.54) is 25.7 Å². The Hall–Kier alpha value is 0.844. The Morgan fingerprint density at radius 2 is 0.973 bits per heavy atom. The molecule has 234 valence electrons. The highest BCUT2D eigenvalue weighted by Gasteiger charge is 2.24. The minimum Gasteiger partial charge on any atom is -0.456 e. The van der Waals surface area contributed by atoms with E-state index in [2.05, 4.69) is 50.9 Å². The summed E-state index contributed by atoms with van der Waals surface area (Å²) in [6, 6.07) is 2.04. The summed E-state index contributed by atoms with van der Waals surface area (Å²) in [6.07, 6.45) is 4.81. The third-order valence-corrected chi connectivity index (χ3v) is 11.7. The maximum absolute atomic E-state index is 9.46. The van der Waals surface area contributed by atoms with Crippen LogP contribution in [0.1, 0.15) is 53.9 Å². The number of rotatable bonds is 10. The largest absolute Gasteiger partial charge is 0.456 e. The Labute approximate surface area is 240 Å². The molecule has 0 spiro atoms. The highest BCUT2D eigenvalue weighted by Crippen LogP contribution is 2.13. The summed E-state index contributed by atoms with van der Waals surface area (Å²) >= 11 is 0. The van der Waals surface area contributed by atoms with Gasteiger partial charge in [-0.2, -0.15) is 0 Å². The summed E-state index contributed by atoms with van der Waals surface area (Å²) < 4.78 is 10.5. The van der Waals surface area contributed by atoms with Gasteiger partial charge in [0.15, 0.2) is 41.6 Å². The third kappa shape index (κ3) is 114. The molecule has 0 aliphatic rings. The first-order valence-corrected chi connectivity index (χ1v) is 30.2. The molecule has 11 heteroatoms. The van der Waals surface area contributed by atoms with Gasteiger partial charge in [0.05, 0.1) is 12.7 Å². The molecule has 37 heavy (non-hydrogen) atoms. The molecule has 0 saturated heterocycles. The van der Waals surface area contributed by atoms with Gasteiger partial charge < -0.3 is 28.3 Å². The first kappa shape index (κ1) is 50.7. The molecule has 0 amide bonds. The second-order valence-corrected chi connectivity index (χ2v) is 35.7. The lowest BCUT2D eigenvalue weighted by Gasteiger charge is -2.27. The number of hydrogen-bond donors (Lipinski definition) is 4. The first-order valence-electron chi connectivity index (χ1n) is 13.6. The van der Waals surface area contributed by atoms with Crippen LogP contribution in [0.2, 0.25) is 97.2 Å². The highest BCUT2D eigenvalue weighted by atomic mass is 28.4. The molecule has 0 radical (unpaired) electrons. The lowest BCUT2D eigenvalue weighted by Crippen LogP contribution is -2.39. The monoisotopic (exact) mass is 622 g/mol. The van der Waals surface area contributed by atoms with Crippen LogP contribution in [0.25, 0.3) is 0 Å². The zero-order valence-corrected chi connectivity index (χ0v) is 32.6. The van der Waals surface area contributed by atoms with Crippen molar-refractivity contribution in [3.63, 3.8) is 0 Å². The lowest BCUT2D eigenvalue weighted by molar-refractivity contribution is 0.0765. The molecule has 6 nitrogen and oxygen atoms in total. The van der Waals surface area contributed by atoms with E-state index < -0.39 is 41.6 Å². The molecule has 0 heterocycles. The normalized spacial score (nSPS) is 12.6. The number of hydrogen-bond acceptors (Lipinski definition) is 6. The van der Waals surface area contributed by atoms with Crippen molar-refractivity contribution in [2.45, 2.75) is 157 Å². The Kier molecular flexibility index (Phi) is 35.3. The summed E-state index contributed by atoms with van der Waals surface area (Å²) in [4.78, 5) is 27.1. The zero-order valence-electron chi connectivity index (χ0n) is 27.6. The summed E-state index contributed by atoms with van der Waals surface area (Å²) in [5.74, 6) is 0. The quantitative estimate of drug-likeness (QED) is 0.145. The van der Waals surface area contributed by atoms with Gasteiger partial charge in [-0.1, -0.05) is 47.0 Å². The van der Waals surface area contributed by atoms with E-state index in [1.54, 1.807) is 14.0 Å². The van der Waals surface area contributed by atoms with Gasteiger partial charge in [-0.25, -0.2) is 0 Å². The van der Waals surface area contributed by atoms with Crippen molar-refractivity contribution in [3.05, 3.63) is 0 Å². The van der Waals surface area contributed by atoms with Gasteiger partial charge in [0.2, 0.25) is 0 Å². The van der Waals surface area contributed by atoms with Crippen LogP contribution < -0.4 is 0 Å². The number of aliphatic hydroxyl groups is 1. The van der Waals surface area contributed by atoms with Gasteiger partial charge in [0.1, 0.15) is 0 Å². The van der Waals surface area contributed by atoms with Crippen molar-refractivity contribution >= 4 is 41.6 Å². The number of aliphatic hydroxyl groups excluding tert-OH is 1. The van der Waals surface area contributed by atoms with Crippen LogP contribution in [-0.4, -0.2) is 80.9 Å². The van der Waals surface area contributed by atoms with Gasteiger partial charge >= 0.3 is 0 Å². The van der Waals surface area contributed by atoms with Crippen molar-refractivity contribution < 1.29 is 28.3 Å². The molecule has 0 bridgehead atoms. The molecule has 1 unspecified atom stereocenters. The predicted octanol–water partition coefficient (Wildman–Crippen LogP) is 8.10. The van der Waals surface area contributed by atoms with Crippen LogP contribution >= 0.6 is 0 Å². The van der Waals surface area contributed by atoms with E-state index >= 15 is 0 Å². The average molecular weight is 623 g/mol. The minimum absolute atomic E-state index is 0. The molecule has 0 aromatic carbocycles. The van der Waals surface area contributed by atoms with E-state index in [-0.39, 0.29) is 13.5 Å². The molecule has 0 rings (SSSR count). The van der Waals surface area contributed by atoms with Gasteiger partial charge in [0.25, 0.3) is 0 Å². The second kappa shape index (κ2) is 25.8. The Balaban J connectivity index is -0.0000000827. The van der Waals surface area contributed by atoms with Crippen LogP contribution in [0.15, 0.2) is 0 Å². The number of methoxy groups -OCH3 is 1. The molecule has 0 aliphatic carbocycles. The zero-order chi connectivity index (χ0) is 30.4. The standard InChI is InChI=1S/C8H20OSi.C6H18OSi2.C4H10O2.C4H12OSi.C3H10OSi.CH4/c1-4-5-6-7-8-10(2,3)9;1-8(2,3)7-9(4,5)6;1-4(5)3-6-2;1-4-6(2,3)5;1-5(2,3)4;/h9H,4-8H2,1-3H3;1-6H3;4-5H,3H2,1-2H3;5H,4H2,1-3H3;4H,1-3H3;1H4. The fourth-order valence-electron chi connectivity index (χ4n) is 2.14. The first-order chi connectivity index (χ1) is 15.6. The highest BCUT2D eigenvalue weighted by molar-refractivity contribution is 6.83. The fourth-order valence-corrected chi connectivity index (χ4v) is 10.6. The minimum atomic E-state index is -1.71. The smallest absolute Gasteiger partial charge is 0.182 e. The summed E-state index contributed by atoms with van der Waals surface area (Å²) in [5.41, 5.74) is 0. The van der Waals surface area contributed by atoms with Crippen LogP contribution in [0, 0.1) is 0 Å². The second-order valence-electron chi connectivity index (χ2n) is 13.6. The van der Waals surface area contributed by atoms with E-state index in [0.717, 1.165) is 12.1 Å². The Morgan fingerprint density at radius 1 is 0.649 bits per heavy atom. The SMILES string of the molecule is C.CCCCCC[Si](C)(C)O.CC[Si](C)(C)O.COCC(C)O.C[Si](C)(C)O.C[Si](C)(C)O[Si](C)(C)C. The van der Waals surface area contributed by atoms with Gasteiger partial charge in [-0.05, 0) is 104 Å². The molecule has 0 aromatic heterocycles. The van der Waals surface area contributed by atoms with Crippen LogP contribution in [0.3, 0.4) is 0 Å². The van der Waals surface area contributed by atoms with Crippen LogP contribution in [0.4, 0.5) is 0 Å². The molecule has 0 aromatic rings. The topological polar surface area (TPSA) is 99.4 Å². The summed E-state index contributed by atoms with van der Waals surface area (Å²) in [5, 5.41) is 8.43. The van der Waals surface area contributed by atoms with Crippen LogP contribution in [0.5, 0.6) is 0 Å². The molecular formula is C26H74O6Si5. The number of ether oxygens (including phenoxy) is 1. The van der Waals surface area contributed by atoms with Gasteiger partial charge in [-0.15, -0.1) is 0 Å². The van der Waals surface area contributed by atoms with E-state index in [1.807, 2.05) is 52.8 Å². The molecule has 4 N–H and O–H groups in total. The van der Waals surface area contributed by atoms with Gasteiger partial charge in [0, 0.05) is 7.11 Å².